The Bertz CT molecular complexity index is 1390. The van der Waals surface area contributed by atoms with Crippen molar-refractivity contribution in [1.82, 2.24) is 0 Å². The Labute approximate surface area is 186 Å². The number of benzene rings is 4. The van der Waals surface area contributed by atoms with Crippen LogP contribution in [-0.4, -0.2) is 24.8 Å². The molecule has 2 aliphatic carbocycles. The van der Waals surface area contributed by atoms with Gasteiger partial charge in [-0.05, 0) is 63.2 Å². The van der Waals surface area contributed by atoms with Crippen molar-refractivity contribution < 1.29 is 19.4 Å². The SMILES string of the molecule is CCOC(=O)[C@@H]1[C@H]2c3cccc4ccc5cccc(c5c34)[C@H]2[C@H]1c1ccc(O)c(OC)c1. The van der Waals surface area contributed by atoms with E-state index in [2.05, 4.69) is 48.5 Å². The van der Waals surface area contributed by atoms with Gasteiger partial charge in [0, 0.05) is 11.8 Å². The summed E-state index contributed by atoms with van der Waals surface area (Å²) in [4.78, 5) is 13.3. The molecule has 4 atom stereocenters. The molecule has 2 aliphatic rings. The summed E-state index contributed by atoms with van der Waals surface area (Å²) in [6.07, 6.45) is 0. The summed E-state index contributed by atoms with van der Waals surface area (Å²) in [5.74, 6) is 0.233. The van der Waals surface area contributed by atoms with Crippen molar-refractivity contribution >= 4 is 27.5 Å². The predicted molar refractivity (Wildman–Crippen MR) is 124 cm³/mol. The molecule has 0 saturated heterocycles. The van der Waals surface area contributed by atoms with E-state index in [1.807, 2.05) is 19.1 Å². The molecule has 1 N–H and O–H groups in total. The average Bonchev–Trinajstić information content (AvgIpc) is 2.79. The zero-order valence-corrected chi connectivity index (χ0v) is 18.0. The van der Waals surface area contributed by atoms with E-state index >= 15 is 0 Å². The molecule has 4 nitrogen and oxygen atoms in total. The molecule has 4 aromatic carbocycles. The molecule has 160 valence electrons. The fourth-order valence-corrected chi connectivity index (χ4v) is 6.14. The van der Waals surface area contributed by atoms with Crippen LogP contribution >= 0.6 is 0 Å². The van der Waals surface area contributed by atoms with Crippen molar-refractivity contribution in [2.24, 2.45) is 5.92 Å². The lowest BCUT2D eigenvalue weighted by atomic mass is 9.48. The summed E-state index contributed by atoms with van der Waals surface area (Å²) in [6, 6.07) is 22.7. The summed E-state index contributed by atoms with van der Waals surface area (Å²) in [6.45, 7) is 2.21. The van der Waals surface area contributed by atoms with Crippen molar-refractivity contribution in [3.8, 4) is 11.5 Å². The molecule has 0 aliphatic heterocycles. The summed E-state index contributed by atoms with van der Waals surface area (Å²) in [7, 11) is 1.55. The van der Waals surface area contributed by atoms with Gasteiger partial charge in [0.05, 0.1) is 19.6 Å². The minimum Gasteiger partial charge on any atom is -0.504 e. The zero-order valence-electron chi connectivity index (χ0n) is 18.0. The van der Waals surface area contributed by atoms with Gasteiger partial charge in [-0.25, -0.2) is 0 Å². The van der Waals surface area contributed by atoms with Gasteiger partial charge in [0.2, 0.25) is 0 Å². The van der Waals surface area contributed by atoms with Gasteiger partial charge in [-0.2, -0.15) is 0 Å². The quantitative estimate of drug-likeness (QED) is 0.329. The molecule has 0 unspecified atom stereocenters. The van der Waals surface area contributed by atoms with Crippen LogP contribution in [-0.2, 0) is 9.53 Å². The number of carbonyl (C=O) groups excluding carboxylic acids is 1. The van der Waals surface area contributed by atoms with E-state index in [9.17, 15) is 9.90 Å². The number of hydrogen-bond acceptors (Lipinski definition) is 4. The van der Waals surface area contributed by atoms with E-state index in [0.717, 1.165) is 5.56 Å². The number of hydrogen-bond donors (Lipinski definition) is 1. The van der Waals surface area contributed by atoms with Crippen LogP contribution in [0.25, 0.3) is 21.5 Å². The van der Waals surface area contributed by atoms with E-state index in [4.69, 9.17) is 9.47 Å². The van der Waals surface area contributed by atoms with Crippen LogP contribution in [0.4, 0.5) is 0 Å². The van der Waals surface area contributed by atoms with Crippen molar-refractivity contribution in [3.63, 3.8) is 0 Å². The number of aromatic hydroxyl groups is 1. The third kappa shape index (κ3) is 2.46. The lowest BCUT2D eigenvalue weighted by Gasteiger charge is -2.54. The molecule has 4 heteroatoms. The van der Waals surface area contributed by atoms with Crippen LogP contribution in [0.5, 0.6) is 11.5 Å². The predicted octanol–water partition coefficient (Wildman–Crippen LogP) is 5.86. The molecule has 0 heterocycles. The van der Waals surface area contributed by atoms with Gasteiger partial charge in [0.15, 0.2) is 11.5 Å². The topological polar surface area (TPSA) is 55.8 Å². The normalized spacial score (nSPS) is 23.1. The second-order valence-electron chi connectivity index (χ2n) is 8.74. The molecule has 1 saturated carbocycles. The zero-order chi connectivity index (χ0) is 22.0. The monoisotopic (exact) mass is 424 g/mol. The number of carbonyl (C=O) groups is 1. The maximum atomic E-state index is 13.3. The van der Waals surface area contributed by atoms with E-state index in [-0.39, 0.29) is 35.4 Å². The van der Waals surface area contributed by atoms with Crippen LogP contribution < -0.4 is 4.74 Å². The Morgan fingerprint density at radius 3 is 2.16 bits per heavy atom. The lowest BCUT2D eigenvalue weighted by Crippen LogP contribution is -2.47. The number of esters is 1. The first kappa shape index (κ1) is 19.2. The van der Waals surface area contributed by atoms with Crippen molar-refractivity contribution in [2.45, 2.75) is 24.7 Å². The Kier molecular flexibility index (Phi) is 4.19. The smallest absolute Gasteiger partial charge is 0.310 e. The standard InChI is InChI=1S/C28H24O4/c1-3-32-28(30)27-24(17-12-13-20(29)21(14-17)31-2)25-18-8-4-6-15-10-11-16-7-5-9-19(26(25)27)23(16)22(15)18/h4-14,24-27,29H,3H2,1-2H3/t24-,25+,26+,27+/m1/s1. The Morgan fingerprint density at radius 1 is 0.875 bits per heavy atom. The number of methoxy groups -OCH3 is 1. The maximum absolute atomic E-state index is 13.3. The third-order valence-electron chi connectivity index (χ3n) is 7.36. The Morgan fingerprint density at radius 2 is 1.53 bits per heavy atom. The fraction of sp³-hybridized carbons (Fsp3) is 0.250. The summed E-state index contributed by atoms with van der Waals surface area (Å²) < 4.78 is 10.9. The van der Waals surface area contributed by atoms with Gasteiger partial charge in [-0.15, -0.1) is 0 Å². The molecule has 0 aromatic heterocycles. The van der Waals surface area contributed by atoms with E-state index in [1.165, 1.54) is 32.7 Å². The van der Waals surface area contributed by atoms with Gasteiger partial charge >= 0.3 is 5.97 Å². The van der Waals surface area contributed by atoms with Gasteiger partial charge in [-0.1, -0.05) is 54.6 Å². The molecular weight excluding hydrogens is 400 g/mol. The second kappa shape index (κ2) is 6.99. The first-order valence-electron chi connectivity index (χ1n) is 11.1. The van der Waals surface area contributed by atoms with E-state index in [0.29, 0.717) is 12.4 Å². The molecule has 0 radical (unpaired) electrons. The van der Waals surface area contributed by atoms with Crippen LogP contribution in [0.1, 0.15) is 41.4 Å². The first-order chi connectivity index (χ1) is 15.6. The highest BCUT2D eigenvalue weighted by Crippen LogP contribution is 2.67. The summed E-state index contributed by atoms with van der Waals surface area (Å²) >= 11 is 0. The maximum Gasteiger partial charge on any atom is 0.310 e. The minimum atomic E-state index is -0.289. The fourth-order valence-electron chi connectivity index (χ4n) is 6.14. The molecule has 0 spiro atoms. The summed E-state index contributed by atoms with van der Waals surface area (Å²) in [5.41, 5.74) is 3.51. The van der Waals surface area contributed by atoms with Gasteiger partial charge in [0.25, 0.3) is 0 Å². The van der Waals surface area contributed by atoms with E-state index < -0.39 is 0 Å². The third-order valence-corrected chi connectivity index (χ3v) is 7.36. The average molecular weight is 424 g/mol. The molecule has 6 rings (SSSR count). The highest BCUT2D eigenvalue weighted by atomic mass is 16.5. The number of phenolic OH excluding ortho intramolecular Hbond substituents is 1. The van der Waals surface area contributed by atoms with Crippen LogP contribution in [0.3, 0.4) is 0 Å². The molecule has 0 bridgehead atoms. The summed E-state index contributed by atoms with van der Waals surface area (Å²) in [5, 5.41) is 15.1. The molecule has 0 amide bonds. The minimum absolute atomic E-state index is 0.0530. The largest absolute Gasteiger partial charge is 0.504 e. The van der Waals surface area contributed by atoms with Gasteiger partial charge < -0.3 is 14.6 Å². The highest BCUT2D eigenvalue weighted by molar-refractivity contribution is 6.13. The van der Waals surface area contributed by atoms with Crippen LogP contribution in [0.15, 0.2) is 66.7 Å². The van der Waals surface area contributed by atoms with Gasteiger partial charge in [-0.3, -0.25) is 4.79 Å². The lowest BCUT2D eigenvalue weighted by molar-refractivity contribution is -0.154. The Balaban J connectivity index is 1.62. The van der Waals surface area contributed by atoms with Crippen molar-refractivity contribution in [3.05, 3.63) is 83.4 Å². The number of rotatable bonds is 4. The van der Waals surface area contributed by atoms with Crippen molar-refractivity contribution in [1.29, 1.82) is 0 Å². The molecule has 1 fully saturated rings. The van der Waals surface area contributed by atoms with Crippen LogP contribution in [0, 0.1) is 5.92 Å². The number of phenols is 1. The Hall–Kier alpha value is -3.53. The first-order valence-corrected chi connectivity index (χ1v) is 11.1. The second-order valence-corrected chi connectivity index (χ2v) is 8.74. The van der Waals surface area contributed by atoms with Gasteiger partial charge in [0.1, 0.15) is 0 Å². The number of fused-ring (bicyclic) bond motifs is 3. The molecule has 32 heavy (non-hydrogen) atoms. The van der Waals surface area contributed by atoms with Crippen molar-refractivity contribution in [2.75, 3.05) is 13.7 Å². The van der Waals surface area contributed by atoms with E-state index in [1.54, 1.807) is 13.2 Å². The molecular formula is C28H24O4. The molecule has 4 aromatic rings. The number of ether oxygens (including phenoxy) is 2. The van der Waals surface area contributed by atoms with Crippen LogP contribution in [0.2, 0.25) is 0 Å². The highest BCUT2D eigenvalue weighted by Gasteiger charge is 2.58.